The van der Waals surface area contributed by atoms with E-state index in [0.29, 0.717) is 18.3 Å². The van der Waals surface area contributed by atoms with Crippen LogP contribution in [0.15, 0.2) is 48.8 Å². The van der Waals surface area contributed by atoms with Crippen LogP contribution in [-0.4, -0.2) is 26.1 Å². The van der Waals surface area contributed by atoms with Crippen LogP contribution in [0.3, 0.4) is 0 Å². The van der Waals surface area contributed by atoms with E-state index in [-0.39, 0.29) is 0 Å². The topological polar surface area (TPSA) is 95.1 Å². The molecule has 0 saturated carbocycles. The Labute approximate surface area is 151 Å². The molecule has 3 aromatic heterocycles. The first-order chi connectivity index (χ1) is 12.7. The molecule has 1 aromatic carbocycles. The zero-order valence-electron chi connectivity index (χ0n) is 14.8. The number of para-hydroxylation sites is 1. The largest absolute Gasteiger partial charge is 0.384 e. The molecule has 26 heavy (non-hydrogen) atoms. The molecule has 1 atom stereocenters. The van der Waals surface area contributed by atoms with Gasteiger partial charge in [-0.15, -0.1) is 0 Å². The van der Waals surface area contributed by atoms with Crippen molar-refractivity contribution >= 4 is 22.4 Å². The van der Waals surface area contributed by atoms with Crippen molar-refractivity contribution in [2.75, 3.05) is 12.3 Å². The summed E-state index contributed by atoms with van der Waals surface area (Å²) in [5, 5.41) is 5.51. The minimum absolute atomic E-state index is 0.296. The van der Waals surface area contributed by atoms with E-state index in [0.717, 1.165) is 46.2 Å². The van der Waals surface area contributed by atoms with Crippen LogP contribution < -0.4 is 11.5 Å². The van der Waals surface area contributed by atoms with E-state index in [9.17, 15) is 0 Å². The van der Waals surface area contributed by atoms with Crippen molar-refractivity contribution in [3.05, 3.63) is 54.5 Å². The Balaban J connectivity index is 1.87. The molecule has 0 spiro atoms. The van der Waals surface area contributed by atoms with Crippen LogP contribution >= 0.6 is 0 Å². The molecule has 3 heterocycles. The first-order valence-electron chi connectivity index (χ1n) is 8.90. The molecule has 0 aliphatic rings. The second kappa shape index (κ2) is 6.72. The van der Waals surface area contributed by atoms with Gasteiger partial charge in [0.2, 0.25) is 0 Å². The fourth-order valence-electron chi connectivity index (χ4n) is 3.40. The third kappa shape index (κ3) is 2.78. The first-order valence-corrected chi connectivity index (χ1v) is 8.90. The summed E-state index contributed by atoms with van der Waals surface area (Å²) in [7, 11) is 0. The molecule has 0 amide bonds. The molecule has 0 fully saturated rings. The number of aromatic nitrogens is 4. The van der Waals surface area contributed by atoms with E-state index >= 15 is 0 Å². The van der Waals surface area contributed by atoms with Crippen LogP contribution in [0, 0.1) is 0 Å². The summed E-state index contributed by atoms with van der Waals surface area (Å²) < 4.78 is 1.68. The second-order valence-electron chi connectivity index (χ2n) is 6.50. The number of benzene rings is 1. The van der Waals surface area contributed by atoms with Gasteiger partial charge in [-0.3, -0.25) is 4.98 Å². The first kappa shape index (κ1) is 16.5. The Morgan fingerprint density at radius 1 is 1.15 bits per heavy atom. The van der Waals surface area contributed by atoms with Gasteiger partial charge in [0.1, 0.15) is 5.82 Å². The van der Waals surface area contributed by atoms with Crippen molar-refractivity contribution in [2.24, 2.45) is 5.73 Å². The molecule has 6 heteroatoms. The molecule has 4 rings (SSSR count). The van der Waals surface area contributed by atoms with Gasteiger partial charge in [0.05, 0.1) is 11.7 Å². The van der Waals surface area contributed by atoms with Gasteiger partial charge in [-0.25, -0.2) is 4.98 Å². The van der Waals surface area contributed by atoms with Gasteiger partial charge in [0.15, 0.2) is 5.65 Å². The maximum Gasteiger partial charge on any atom is 0.165 e. The normalized spacial score (nSPS) is 12.7. The molecular weight excluding hydrogens is 324 g/mol. The number of nitrogen functional groups attached to an aromatic ring is 1. The number of fused-ring (bicyclic) bond motifs is 2. The monoisotopic (exact) mass is 346 g/mol. The van der Waals surface area contributed by atoms with Crippen molar-refractivity contribution in [2.45, 2.75) is 25.7 Å². The second-order valence-corrected chi connectivity index (χ2v) is 6.50. The minimum atomic E-state index is 0.296. The molecular formula is C20H22N6. The number of hydrogen-bond acceptors (Lipinski definition) is 5. The highest BCUT2D eigenvalue weighted by Gasteiger charge is 2.16. The summed E-state index contributed by atoms with van der Waals surface area (Å²) in [6.45, 7) is 2.78. The minimum Gasteiger partial charge on any atom is -0.384 e. The van der Waals surface area contributed by atoms with E-state index in [1.165, 1.54) is 0 Å². The predicted molar refractivity (Wildman–Crippen MR) is 105 cm³/mol. The number of nitrogens with zero attached hydrogens (tertiary/aromatic N) is 4. The Morgan fingerprint density at radius 3 is 2.81 bits per heavy atom. The van der Waals surface area contributed by atoms with Gasteiger partial charge in [0, 0.05) is 40.4 Å². The van der Waals surface area contributed by atoms with E-state index in [1.54, 1.807) is 10.7 Å². The van der Waals surface area contributed by atoms with Crippen molar-refractivity contribution in [3.63, 3.8) is 0 Å². The zero-order valence-corrected chi connectivity index (χ0v) is 14.8. The van der Waals surface area contributed by atoms with Gasteiger partial charge in [0.25, 0.3) is 0 Å². The van der Waals surface area contributed by atoms with Crippen molar-refractivity contribution in [3.8, 4) is 11.1 Å². The lowest BCUT2D eigenvalue weighted by molar-refractivity contribution is 0.598. The molecule has 0 bridgehead atoms. The fraction of sp³-hybridized carbons (Fsp3) is 0.250. The highest BCUT2D eigenvalue weighted by Crippen LogP contribution is 2.29. The highest BCUT2D eigenvalue weighted by molar-refractivity contribution is 5.86. The Kier molecular flexibility index (Phi) is 4.26. The lowest BCUT2D eigenvalue weighted by atomic mass is 9.98. The fourth-order valence-corrected chi connectivity index (χ4v) is 3.40. The van der Waals surface area contributed by atoms with Crippen LogP contribution in [0.25, 0.3) is 27.7 Å². The molecule has 1 unspecified atom stereocenters. The maximum absolute atomic E-state index is 6.24. The quantitative estimate of drug-likeness (QED) is 0.578. The van der Waals surface area contributed by atoms with E-state index in [1.807, 2.05) is 30.5 Å². The zero-order chi connectivity index (χ0) is 18.1. The van der Waals surface area contributed by atoms with Crippen LogP contribution in [0.5, 0.6) is 0 Å². The summed E-state index contributed by atoms with van der Waals surface area (Å²) in [5.74, 6) is 0.880. The molecule has 0 aliphatic heterocycles. The van der Waals surface area contributed by atoms with Crippen LogP contribution in [0.2, 0.25) is 0 Å². The van der Waals surface area contributed by atoms with E-state index in [4.69, 9.17) is 16.5 Å². The summed E-state index contributed by atoms with van der Waals surface area (Å²) in [6.07, 6.45) is 5.53. The Morgan fingerprint density at radius 2 is 2.00 bits per heavy atom. The summed E-state index contributed by atoms with van der Waals surface area (Å²) in [5.41, 5.74) is 16.6. The number of nitrogens with two attached hydrogens (primary N) is 2. The molecule has 4 aromatic rings. The standard InChI is InChI=1S/C20H22N6/c1-2-13(7-8-21)18-10-19(22)26-20(25-18)16(12-24-26)15-9-14-5-3-4-6-17(14)23-11-15/h3-6,9-13H,2,7-8,21-22H2,1H3. The van der Waals surface area contributed by atoms with Gasteiger partial charge in [-0.05, 0) is 31.5 Å². The van der Waals surface area contributed by atoms with E-state index < -0.39 is 0 Å². The average molecular weight is 346 g/mol. The summed E-state index contributed by atoms with van der Waals surface area (Å²) in [4.78, 5) is 9.44. The number of hydrogen-bond donors (Lipinski definition) is 2. The molecule has 0 saturated heterocycles. The Hall–Kier alpha value is -2.99. The third-order valence-corrected chi connectivity index (χ3v) is 4.85. The molecule has 0 aliphatic carbocycles. The van der Waals surface area contributed by atoms with E-state index in [2.05, 4.69) is 29.1 Å². The smallest absolute Gasteiger partial charge is 0.165 e. The van der Waals surface area contributed by atoms with Gasteiger partial charge in [-0.1, -0.05) is 25.1 Å². The Bertz CT molecular complexity index is 1070. The maximum atomic E-state index is 6.24. The summed E-state index contributed by atoms with van der Waals surface area (Å²) in [6, 6.07) is 12.1. The van der Waals surface area contributed by atoms with Crippen LogP contribution in [-0.2, 0) is 0 Å². The lowest BCUT2D eigenvalue weighted by Crippen LogP contribution is -2.10. The number of rotatable bonds is 5. The summed E-state index contributed by atoms with van der Waals surface area (Å²) >= 11 is 0. The average Bonchev–Trinajstić information content (AvgIpc) is 3.10. The third-order valence-electron chi connectivity index (χ3n) is 4.85. The van der Waals surface area contributed by atoms with Crippen molar-refractivity contribution in [1.29, 1.82) is 0 Å². The number of pyridine rings is 1. The highest BCUT2D eigenvalue weighted by atomic mass is 15.3. The molecule has 4 N–H and O–H groups in total. The molecule has 0 radical (unpaired) electrons. The van der Waals surface area contributed by atoms with Crippen LogP contribution in [0.1, 0.15) is 31.4 Å². The van der Waals surface area contributed by atoms with Gasteiger partial charge < -0.3 is 11.5 Å². The van der Waals surface area contributed by atoms with Crippen molar-refractivity contribution < 1.29 is 0 Å². The molecule has 6 nitrogen and oxygen atoms in total. The predicted octanol–water partition coefficient (Wildman–Crippen LogP) is 3.37. The SMILES string of the molecule is CCC(CCN)c1cc(N)n2ncc(-c3cnc4ccccc4c3)c2n1. The molecule has 132 valence electrons. The lowest BCUT2D eigenvalue weighted by Gasteiger charge is -2.14. The van der Waals surface area contributed by atoms with Crippen LogP contribution in [0.4, 0.5) is 5.82 Å². The van der Waals surface area contributed by atoms with Gasteiger partial charge in [-0.2, -0.15) is 9.61 Å². The van der Waals surface area contributed by atoms with Gasteiger partial charge >= 0.3 is 0 Å². The van der Waals surface area contributed by atoms with Crippen molar-refractivity contribution in [1.82, 2.24) is 19.6 Å². The number of anilines is 1.